The van der Waals surface area contributed by atoms with Gasteiger partial charge in [-0.3, -0.25) is 0 Å². The molecule has 0 saturated heterocycles. The first-order valence-corrected chi connectivity index (χ1v) is 5.02. The van der Waals surface area contributed by atoms with Crippen molar-refractivity contribution in [2.24, 2.45) is 5.73 Å². The van der Waals surface area contributed by atoms with Crippen LogP contribution in [0.4, 0.5) is 0 Å². The fourth-order valence-electron chi connectivity index (χ4n) is 1.93. The quantitative estimate of drug-likeness (QED) is 0.736. The molecule has 1 aromatic carbocycles. The third-order valence-corrected chi connectivity index (χ3v) is 2.95. The zero-order valence-corrected chi connectivity index (χ0v) is 7.95. The average Bonchev–Trinajstić information content (AvgIpc) is 2.55. The van der Waals surface area contributed by atoms with Gasteiger partial charge in [0.1, 0.15) is 0 Å². The molecule has 1 spiro atoms. The summed E-state index contributed by atoms with van der Waals surface area (Å²) in [5.41, 5.74) is 6.65. The van der Waals surface area contributed by atoms with E-state index in [1.54, 1.807) is 0 Å². The van der Waals surface area contributed by atoms with E-state index < -0.39 is 0 Å². The number of nitrogens with two attached hydrogens (primary N) is 1. The Labute approximate surface area is 82.8 Å². The van der Waals surface area contributed by atoms with Gasteiger partial charge in [-0.25, -0.2) is 0 Å². The lowest BCUT2D eigenvalue weighted by atomic mass is 9.91. The molecule has 1 fully saturated rings. The molecule has 1 saturated carbocycles. The molecule has 1 aliphatic carbocycles. The maximum absolute atomic E-state index is 5.80. The van der Waals surface area contributed by atoms with Crippen molar-refractivity contribution >= 4 is 0 Å². The van der Waals surface area contributed by atoms with E-state index in [-0.39, 0.29) is 5.79 Å². The molecule has 3 nitrogen and oxygen atoms in total. The van der Waals surface area contributed by atoms with Crippen LogP contribution in [0.1, 0.15) is 24.8 Å². The monoisotopic (exact) mass is 191 g/mol. The van der Waals surface area contributed by atoms with E-state index in [9.17, 15) is 0 Å². The predicted octanol–water partition coefficient (Wildman–Crippen LogP) is 1.80. The second-order valence-electron chi connectivity index (χ2n) is 3.95. The zero-order chi connectivity index (χ0) is 9.60. The number of rotatable bonds is 1. The molecule has 3 heteroatoms. The maximum atomic E-state index is 5.80. The van der Waals surface area contributed by atoms with Crippen LogP contribution in [0.25, 0.3) is 0 Å². The summed E-state index contributed by atoms with van der Waals surface area (Å²) in [6, 6.07) is 5.91. The zero-order valence-electron chi connectivity index (χ0n) is 7.95. The number of hydrogen-bond donors (Lipinski definition) is 1. The summed E-state index contributed by atoms with van der Waals surface area (Å²) >= 11 is 0. The topological polar surface area (TPSA) is 44.5 Å². The van der Waals surface area contributed by atoms with Crippen molar-refractivity contribution in [1.82, 2.24) is 0 Å². The van der Waals surface area contributed by atoms with Crippen LogP contribution in [0.2, 0.25) is 0 Å². The Morgan fingerprint density at radius 2 is 2.00 bits per heavy atom. The Morgan fingerprint density at radius 1 is 1.21 bits per heavy atom. The van der Waals surface area contributed by atoms with Gasteiger partial charge in [0.25, 0.3) is 5.79 Å². The van der Waals surface area contributed by atoms with Crippen LogP contribution in [0.15, 0.2) is 18.2 Å². The first-order valence-electron chi connectivity index (χ1n) is 5.02. The van der Waals surface area contributed by atoms with Gasteiger partial charge in [0.2, 0.25) is 0 Å². The summed E-state index contributed by atoms with van der Waals surface area (Å²) in [7, 11) is 0. The summed E-state index contributed by atoms with van der Waals surface area (Å²) in [5, 5.41) is 0. The van der Waals surface area contributed by atoms with Crippen molar-refractivity contribution in [2.45, 2.75) is 31.6 Å². The minimum absolute atomic E-state index is 0.324. The largest absolute Gasteiger partial charge is 0.448 e. The molecule has 3 rings (SSSR count). The molecule has 74 valence electrons. The first kappa shape index (κ1) is 8.12. The predicted molar refractivity (Wildman–Crippen MR) is 52.2 cm³/mol. The second-order valence-corrected chi connectivity index (χ2v) is 3.95. The van der Waals surface area contributed by atoms with Crippen molar-refractivity contribution in [3.8, 4) is 11.5 Å². The SMILES string of the molecule is NCc1ccc2c(c1)OC1(CCC1)O2. The standard InChI is InChI=1S/C11H13NO2/c12-7-8-2-3-9-10(6-8)14-11(13-9)4-1-5-11/h2-3,6H,1,4-5,7,12H2. The minimum Gasteiger partial charge on any atom is -0.448 e. The van der Waals surface area contributed by atoms with Crippen LogP contribution in [-0.4, -0.2) is 5.79 Å². The van der Waals surface area contributed by atoms with Gasteiger partial charge in [0.05, 0.1) is 0 Å². The second kappa shape index (κ2) is 2.64. The van der Waals surface area contributed by atoms with E-state index in [1.165, 1.54) is 6.42 Å². The molecule has 0 atom stereocenters. The highest BCUT2D eigenvalue weighted by molar-refractivity contribution is 5.46. The van der Waals surface area contributed by atoms with Crippen molar-refractivity contribution in [3.63, 3.8) is 0 Å². The molecular weight excluding hydrogens is 178 g/mol. The highest BCUT2D eigenvalue weighted by Gasteiger charge is 2.46. The number of fused-ring (bicyclic) bond motifs is 1. The molecule has 2 N–H and O–H groups in total. The van der Waals surface area contributed by atoms with Gasteiger partial charge >= 0.3 is 0 Å². The van der Waals surface area contributed by atoms with Crippen molar-refractivity contribution in [1.29, 1.82) is 0 Å². The van der Waals surface area contributed by atoms with Gasteiger partial charge in [-0.2, -0.15) is 0 Å². The third-order valence-electron chi connectivity index (χ3n) is 2.95. The minimum atomic E-state index is -0.324. The fraction of sp³-hybridized carbons (Fsp3) is 0.455. The third kappa shape index (κ3) is 1.02. The molecule has 1 aromatic rings. The molecular formula is C11H13NO2. The van der Waals surface area contributed by atoms with E-state index in [0.717, 1.165) is 29.9 Å². The van der Waals surface area contributed by atoms with Crippen molar-refractivity contribution in [2.75, 3.05) is 0 Å². The van der Waals surface area contributed by atoms with Crippen LogP contribution < -0.4 is 15.2 Å². The average molecular weight is 191 g/mol. The molecule has 1 aliphatic heterocycles. The molecule has 0 aromatic heterocycles. The Hall–Kier alpha value is -1.22. The molecule has 1 heterocycles. The van der Waals surface area contributed by atoms with E-state index >= 15 is 0 Å². The van der Waals surface area contributed by atoms with Gasteiger partial charge in [0.15, 0.2) is 11.5 Å². The molecule has 0 bridgehead atoms. The summed E-state index contributed by atoms with van der Waals surface area (Å²) in [4.78, 5) is 0. The molecule has 0 radical (unpaired) electrons. The van der Waals surface area contributed by atoms with Crippen molar-refractivity contribution < 1.29 is 9.47 Å². The lowest BCUT2D eigenvalue weighted by Crippen LogP contribution is -2.45. The number of ether oxygens (including phenoxy) is 2. The lowest BCUT2D eigenvalue weighted by molar-refractivity contribution is -0.138. The van der Waals surface area contributed by atoms with Gasteiger partial charge in [-0.1, -0.05) is 6.07 Å². The number of hydrogen-bond acceptors (Lipinski definition) is 3. The van der Waals surface area contributed by atoms with Crippen LogP contribution in [0.5, 0.6) is 11.5 Å². The summed E-state index contributed by atoms with van der Waals surface area (Å²) in [5.74, 6) is 1.39. The Bertz CT molecular complexity index is 372. The van der Waals surface area contributed by atoms with Gasteiger partial charge in [-0.15, -0.1) is 0 Å². The Balaban J connectivity index is 1.94. The first-order chi connectivity index (χ1) is 6.81. The van der Waals surface area contributed by atoms with E-state index in [2.05, 4.69) is 0 Å². The summed E-state index contributed by atoms with van der Waals surface area (Å²) < 4.78 is 11.6. The smallest absolute Gasteiger partial charge is 0.251 e. The fourth-order valence-corrected chi connectivity index (χ4v) is 1.93. The Kier molecular flexibility index (Phi) is 1.53. The highest BCUT2D eigenvalue weighted by atomic mass is 16.7. The van der Waals surface area contributed by atoms with Gasteiger partial charge in [-0.05, 0) is 24.1 Å². The molecule has 14 heavy (non-hydrogen) atoms. The van der Waals surface area contributed by atoms with Crippen molar-refractivity contribution in [3.05, 3.63) is 23.8 Å². The van der Waals surface area contributed by atoms with E-state index in [0.29, 0.717) is 6.54 Å². The maximum Gasteiger partial charge on any atom is 0.251 e. The molecule has 2 aliphatic rings. The van der Waals surface area contributed by atoms with E-state index in [1.807, 2.05) is 18.2 Å². The summed E-state index contributed by atoms with van der Waals surface area (Å²) in [6.45, 7) is 0.545. The van der Waals surface area contributed by atoms with Gasteiger partial charge in [0, 0.05) is 19.4 Å². The normalized spacial score (nSPS) is 20.9. The van der Waals surface area contributed by atoms with Crippen LogP contribution in [-0.2, 0) is 6.54 Å². The highest BCUT2D eigenvalue weighted by Crippen LogP contribution is 2.48. The van der Waals surface area contributed by atoms with Gasteiger partial charge < -0.3 is 15.2 Å². The number of benzene rings is 1. The Morgan fingerprint density at radius 3 is 2.64 bits per heavy atom. The molecule has 0 unspecified atom stereocenters. The van der Waals surface area contributed by atoms with Crippen LogP contribution >= 0.6 is 0 Å². The van der Waals surface area contributed by atoms with Crippen LogP contribution in [0, 0.1) is 0 Å². The molecule has 0 amide bonds. The summed E-state index contributed by atoms with van der Waals surface area (Å²) in [6.07, 6.45) is 3.19. The van der Waals surface area contributed by atoms with E-state index in [4.69, 9.17) is 15.2 Å². The lowest BCUT2D eigenvalue weighted by Gasteiger charge is -2.35. The van der Waals surface area contributed by atoms with Crippen LogP contribution in [0.3, 0.4) is 0 Å².